The first-order valence-electron chi connectivity index (χ1n) is 7.90. The van der Waals surface area contributed by atoms with Gasteiger partial charge in [-0.15, -0.1) is 0 Å². The summed E-state index contributed by atoms with van der Waals surface area (Å²) in [7, 11) is 0. The number of carbonyl (C=O) groups excluding carboxylic acids is 1. The number of anilines is 1. The molecule has 0 fully saturated rings. The van der Waals surface area contributed by atoms with Gasteiger partial charge < -0.3 is 5.32 Å². The van der Waals surface area contributed by atoms with Crippen molar-refractivity contribution in [1.82, 2.24) is 0 Å². The largest absolute Gasteiger partial charge is 0.321 e. The molecule has 3 nitrogen and oxygen atoms in total. The van der Waals surface area contributed by atoms with E-state index in [-0.39, 0.29) is 11.5 Å². The van der Waals surface area contributed by atoms with Crippen LogP contribution in [0.4, 0.5) is 5.69 Å². The smallest absolute Gasteiger partial charge is 0.266 e. The predicted octanol–water partition coefficient (Wildman–Crippen LogP) is 4.77. The lowest BCUT2D eigenvalue weighted by atomic mass is 9.99. The molecule has 2 aromatic rings. The zero-order valence-electron chi connectivity index (χ0n) is 14.8. The van der Waals surface area contributed by atoms with E-state index < -0.39 is 0 Å². The van der Waals surface area contributed by atoms with Gasteiger partial charge in [0.05, 0.1) is 0 Å². The molecule has 0 saturated carbocycles. The second-order valence-electron chi connectivity index (χ2n) is 6.24. The van der Waals surface area contributed by atoms with Crippen LogP contribution in [0.3, 0.4) is 0 Å². The Kier molecular flexibility index (Phi) is 5.21. The van der Waals surface area contributed by atoms with E-state index in [1.165, 1.54) is 5.56 Å². The number of nitrogens with one attached hydrogen (secondary N) is 1. The summed E-state index contributed by atoms with van der Waals surface area (Å²) >= 11 is 0. The second kappa shape index (κ2) is 7.14. The zero-order chi connectivity index (χ0) is 17.9. The van der Waals surface area contributed by atoms with Gasteiger partial charge in [-0.25, -0.2) is 0 Å². The van der Waals surface area contributed by atoms with Gasteiger partial charge in [-0.3, -0.25) is 4.79 Å². The van der Waals surface area contributed by atoms with Crippen molar-refractivity contribution >= 4 is 17.7 Å². The van der Waals surface area contributed by atoms with E-state index in [4.69, 9.17) is 0 Å². The summed E-state index contributed by atoms with van der Waals surface area (Å²) in [6.07, 6.45) is 1.65. The molecule has 2 aromatic carbocycles. The summed E-state index contributed by atoms with van der Waals surface area (Å²) in [4.78, 5) is 12.4. The number of hydrogen-bond acceptors (Lipinski definition) is 2. The van der Waals surface area contributed by atoms with E-state index in [0.29, 0.717) is 0 Å². The molecule has 0 unspecified atom stereocenters. The standard InChI is InChI=1S/C21H22N2O/c1-13-6-7-20(17(5)8-13)23-21(24)19(12-22)11-18-10-15(3)14(2)9-16(18)4/h6-11H,1-5H3,(H,23,24)/b19-11+. The van der Waals surface area contributed by atoms with Crippen molar-refractivity contribution in [3.05, 3.63) is 69.3 Å². The van der Waals surface area contributed by atoms with Crippen molar-refractivity contribution in [3.63, 3.8) is 0 Å². The molecule has 0 atom stereocenters. The zero-order valence-corrected chi connectivity index (χ0v) is 14.8. The fourth-order valence-corrected chi connectivity index (χ4v) is 2.59. The van der Waals surface area contributed by atoms with Crippen LogP contribution in [0.25, 0.3) is 6.08 Å². The Balaban J connectivity index is 2.32. The fourth-order valence-electron chi connectivity index (χ4n) is 2.59. The number of carbonyl (C=O) groups is 1. The van der Waals surface area contributed by atoms with E-state index in [2.05, 4.69) is 11.4 Å². The molecule has 0 aliphatic rings. The number of rotatable bonds is 3. The minimum absolute atomic E-state index is 0.0985. The molecule has 1 amide bonds. The normalized spacial score (nSPS) is 11.1. The lowest BCUT2D eigenvalue weighted by Gasteiger charge is -2.10. The Morgan fingerprint density at radius 3 is 2.25 bits per heavy atom. The van der Waals surface area contributed by atoms with E-state index in [1.54, 1.807) is 6.08 Å². The van der Waals surface area contributed by atoms with Gasteiger partial charge in [-0.1, -0.05) is 29.8 Å². The summed E-state index contributed by atoms with van der Waals surface area (Å²) in [6.45, 7) is 9.99. The molecular weight excluding hydrogens is 296 g/mol. The van der Waals surface area contributed by atoms with Gasteiger partial charge in [0, 0.05) is 5.69 Å². The summed E-state index contributed by atoms with van der Waals surface area (Å²) in [5.41, 5.74) is 7.21. The summed E-state index contributed by atoms with van der Waals surface area (Å²) in [5, 5.41) is 12.2. The molecule has 2 rings (SSSR count). The predicted molar refractivity (Wildman–Crippen MR) is 98.8 cm³/mol. The van der Waals surface area contributed by atoms with E-state index in [9.17, 15) is 10.1 Å². The highest BCUT2D eigenvalue weighted by Gasteiger charge is 2.12. The maximum Gasteiger partial charge on any atom is 0.266 e. The Hall–Kier alpha value is -2.86. The van der Waals surface area contributed by atoms with Gasteiger partial charge in [0.25, 0.3) is 5.91 Å². The van der Waals surface area contributed by atoms with Crippen LogP contribution >= 0.6 is 0 Å². The van der Waals surface area contributed by atoms with Crippen LogP contribution in [0.2, 0.25) is 0 Å². The van der Waals surface area contributed by atoms with Crippen LogP contribution in [0.5, 0.6) is 0 Å². The first-order valence-corrected chi connectivity index (χ1v) is 7.90. The number of hydrogen-bond donors (Lipinski definition) is 1. The molecule has 0 saturated heterocycles. The fraction of sp³-hybridized carbons (Fsp3) is 0.238. The monoisotopic (exact) mass is 318 g/mol. The number of amides is 1. The molecule has 1 N–H and O–H groups in total. The lowest BCUT2D eigenvalue weighted by molar-refractivity contribution is -0.112. The van der Waals surface area contributed by atoms with Gasteiger partial charge in [0.1, 0.15) is 11.6 Å². The number of benzene rings is 2. The molecule has 0 aliphatic heterocycles. The van der Waals surface area contributed by atoms with Crippen molar-refractivity contribution in [2.24, 2.45) is 0 Å². The quantitative estimate of drug-likeness (QED) is 0.654. The molecular formula is C21H22N2O. The van der Waals surface area contributed by atoms with Crippen LogP contribution in [-0.2, 0) is 4.79 Å². The number of nitriles is 1. The van der Waals surface area contributed by atoms with Gasteiger partial charge in [-0.05, 0) is 74.6 Å². The Bertz CT molecular complexity index is 870. The average Bonchev–Trinajstić information content (AvgIpc) is 2.52. The van der Waals surface area contributed by atoms with Crippen molar-refractivity contribution < 1.29 is 4.79 Å². The number of nitrogens with zero attached hydrogens (tertiary/aromatic N) is 1. The molecule has 0 radical (unpaired) electrons. The van der Waals surface area contributed by atoms with Crippen LogP contribution in [0.1, 0.15) is 33.4 Å². The first-order chi connectivity index (χ1) is 11.3. The number of aryl methyl sites for hydroxylation is 5. The third-order valence-electron chi connectivity index (χ3n) is 4.18. The van der Waals surface area contributed by atoms with E-state index >= 15 is 0 Å². The molecule has 0 heterocycles. The van der Waals surface area contributed by atoms with Crippen LogP contribution < -0.4 is 5.32 Å². The summed E-state index contributed by atoms with van der Waals surface area (Å²) in [5.74, 6) is -0.387. The lowest BCUT2D eigenvalue weighted by Crippen LogP contribution is -2.14. The summed E-state index contributed by atoms with van der Waals surface area (Å²) < 4.78 is 0. The van der Waals surface area contributed by atoms with Gasteiger partial charge in [0.2, 0.25) is 0 Å². The van der Waals surface area contributed by atoms with Crippen LogP contribution in [0, 0.1) is 45.9 Å². The molecule has 0 spiro atoms. The topological polar surface area (TPSA) is 52.9 Å². The Morgan fingerprint density at radius 1 is 0.958 bits per heavy atom. The molecule has 0 aliphatic carbocycles. The second-order valence-corrected chi connectivity index (χ2v) is 6.24. The molecule has 3 heteroatoms. The molecule has 0 aromatic heterocycles. The first kappa shape index (κ1) is 17.5. The highest BCUT2D eigenvalue weighted by atomic mass is 16.1. The molecule has 122 valence electrons. The van der Waals surface area contributed by atoms with Crippen molar-refractivity contribution in [2.75, 3.05) is 5.32 Å². The Labute approximate surface area is 143 Å². The van der Waals surface area contributed by atoms with Gasteiger partial charge in [-0.2, -0.15) is 5.26 Å². The molecule has 0 bridgehead atoms. The average molecular weight is 318 g/mol. The van der Waals surface area contributed by atoms with Crippen LogP contribution in [-0.4, -0.2) is 5.91 Å². The SMILES string of the molecule is Cc1ccc(NC(=O)/C(C#N)=C/c2cc(C)c(C)cc2C)c(C)c1. The minimum atomic E-state index is -0.387. The molecule has 24 heavy (non-hydrogen) atoms. The van der Waals surface area contributed by atoms with Gasteiger partial charge >= 0.3 is 0 Å². The third-order valence-corrected chi connectivity index (χ3v) is 4.18. The van der Waals surface area contributed by atoms with Crippen molar-refractivity contribution in [3.8, 4) is 6.07 Å². The third kappa shape index (κ3) is 3.91. The van der Waals surface area contributed by atoms with E-state index in [0.717, 1.165) is 33.5 Å². The van der Waals surface area contributed by atoms with Crippen molar-refractivity contribution in [1.29, 1.82) is 5.26 Å². The maximum atomic E-state index is 12.4. The highest BCUT2D eigenvalue weighted by molar-refractivity contribution is 6.10. The van der Waals surface area contributed by atoms with Crippen molar-refractivity contribution in [2.45, 2.75) is 34.6 Å². The van der Waals surface area contributed by atoms with E-state index in [1.807, 2.05) is 65.0 Å². The summed E-state index contributed by atoms with van der Waals surface area (Å²) in [6, 6.07) is 11.9. The minimum Gasteiger partial charge on any atom is -0.321 e. The highest BCUT2D eigenvalue weighted by Crippen LogP contribution is 2.20. The maximum absolute atomic E-state index is 12.4. The van der Waals surface area contributed by atoms with Crippen LogP contribution in [0.15, 0.2) is 35.9 Å². The Morgan fingerprint density at radius 2 is 1.62 bits per heavy atom. The van der Waals surface area contributed by atoms with Gasteiger partial charge in [0.15, 0.2) is 0 Å².